The molecule has 0 saturated heterocycles. The summed E-state index contributed by atoms with van der Waals surface area (Å²) in [6.07, 6.45) is 3.09. The molecule has 0 amide bonds. The number of Topliss-reactive ketones (excluding diaryl/α,β-unsaturated/α-hetero) is 1. The molecule has 1 aromatic carbocycles. The summed E-state index contributed by atoms with van der Waals surface area (Å²) >= 11 is 12.0. The molecule has 1 aliphatic carbocycles. The highest BCUT2D eigenvalue weighted by molar-refractivity contribution is 6.58. The van der Waals surface area contributed by atoms with E-state index in [1.54, 1.807) is 6.08 Å². The molecule has 1 heterocycles. The Balaban J connectivity index is 2.01. The predicted octanol–water partition coefficient (Wildman–Crippen LogP) is 4.30. The number of rotatable bonds is 3. The van der Waals surface area contributed by atoms with Gasteiger partial charge in [-0.05, 0) is 36.3 Å². The molecule has 3 nitrogen and oxygen atoms in total. The number of ketones is 1. The minimum atomic E-state index is -0.339. The van der Waals surface area contributed by atoms with Crippen molar-refractivity contribution in [2.75, 3.05) is 6.61 Å². The van der Waals surface area contributed by atoms with Gasteiger partial charge in [-0.2, -0.15) is 0 Å². The molecule has 21 heavy (non-hydrogen) atoms. The molecule has 0 spiro atoms. The van der Waals surface area contributed by atoms with Crippen LogP contribution in [0, 0.1) is 0 Å². The van der Waals surface area contributed by atoms with Gasteiger partial charge in [0, 0.05) is 12.0 Å². The molecule has 5 heteroatoms. The van der Waals surface area contributed by atoms with E-state index in [9.17, 15) is 4.79 Å². The molecule has 0 radical (unpaired) electrons. The van der Waals surface area contributed by atoms with Crippen molar-refractivity contribution in [2.45, 2.75) is 19.8 Å². The molecule has 0 atom stereocenters. The van der Waals surface area contributed by atoms with E-state index in [4.69, 9.17) is 27.9 Å². The van der Waals surface area contributed by atoms with Crippen LogP contribution in [0.1, 0.15) is 18.9 Å². The first-order valence-electron chi connectivity index (χ1n) is 6.75. The highest BCUT2D eigenvalue weighted by atomic mass is 35.5. The average Bonchev–Trinajstić information content (AvgIpc) is 2.49. The fourth-order valence-corrected chi connectivity index (χ4v) is 2.85. The number of allylic oxidation sites excluding steroid dienone is 4. The lowest BCUT2D eigenvalue weighted by atomic mass is 9.92. The van der Waals surface area contributed by atoms with E-state index in [0.717, 1.165) is 29.0 Å². The molecule has 2 aliphatic rings. The van der Waals surface area contributed by atoms with Crippen molar-refractivity contribution in [1.82, 2.24) is 0 Å². The lowest BCUT2D eigenvalue weighted by Crippen LogP contribution is -2.18. The van der Waals surface area contributed by atoms with Crippen molar-refractivity contribution in [3.8, 4) is 5.75 Å². The summed E-state index contributed by atoms with van der Waals surface area (Å²) in [7, 11) is 0. The number of hydrogen-bond acceptors (Lipinski definition) is 3. The fraction of sp³-hybridized carbons (Fsp3) is 0.250. The number of aliphatic imine (C=N–C) groups is 1. The Kier molecular flexibility index (Phi) is 3.87. The molecular formula is C16H13Cl2NO2. The summed E-state index contributed by atoms with van der Waals surface area (Å²) in [6, 6.07) is 5.76. The Morgan fingerprint density at radius 2 is 2.14 bits per heavy atom. The molecule has 0 N–H and O–H groups in total. The number of benzene rings is 1. The van der Waals surface area contributed by atoms with E-state index in [1.807, 2.05) is 18.2 Å². The van der Waals surface area contributed by atoms with E-state index in [2.05, 4.69) is 11.9 Å². The van der Waals surface area contributed by atoms with Gasteiger partial charge in [0.2, 0.25) is 5.78 Å². The molecule has 0 saturated carbocycles. The van der Waals surface area contributed by atoms with Crippen LogP contribution >= 0.6 is 23.2 Å². The van der Waals surface area contributed by atoms with E-state index in [-0.39, 0.29) is 15.8 Å². The van der Waals surface area contributed by atoms with E-state index < -0.39 is 0 Å². The molecular weight excluding hydrogens is 309 g/mol. The molecule has 0 bridgehead atoms. The normalized spacial score (nSPS) is 17.0. The number of carbonyl (C=O) groups is 1. The monoisotopic (exact) mass is 321 g/mol. The zero-order chi connectivity index (χ0) is 15.0. The standard InChI is InChI=1S/C16H13Cl2NO2/c1-2-5-21-10-3-4-13-9(6-10)7-11-14(19-13)8-12(17)16(20)15(11)18/h3-4,6,8H,2,5,7H2,1H3. The fourth-order valence-electron chi connectivity index (χ4n) is 2.34. The van der Waals surface area contributed by atoms with Gasteiger partial charge in [-0.1, -0.05) is 30.1 Å². The highest BCUT2D eigenvalue weighted by Crippen LogP contribution is 2.36. The van der Waals surface area contributed by atoms with Gasteiger partial charge in [-0.3, -0.25) is 4.79 Å². The van der Waals surface area contributed by atoms with Gasteiger partial charge in [-0.15, -0.1) is 0 Å². The summed E-state index contributed by atoms with van der Waals surface area (Å²) < 4.78 is 5.62. The maximum atomic E-state index is 11.8. The van der Waals surface area contributed by atoms with E-state index >= 15 is 0 Å². The minimum absolute atomic E-state index is 0.105. The number of ether oxygens (including phenoxy) is 1. The molecule has 3 rings (SSSR count). The quantitative estimate of drug-likeness (QED) is 0.778. The van der Waals surface area contributed by atoms with Crippen molar-refractivity contribution >= 4 is 40.4 Å². The van der Waals surface area contributed by atoms with Gasteiger partial charge in [0.05, 0.1) is 28.1 Å². The van der Waals surface area contributed by atoms with Crippen molar-refractivity contribution in [3.05, 3.63) is 45.5 Å². The van der Waals surface area contributed by atoms with Crippen LogP contribution in [-0.2, 0) is 11.2 Å². The summed E-state index contributed by atoms with van der Waals surface area (Å²) in [4.78, 5) is 16.4. The Morgan fingerprint density at radius 1 is 1.33 bits per heavy atom. The Hall–Kier alpha value is -1.58. The van der Waals surface area contributed by atoms with E-state index in [0.29, 0.717) is 18.7 Å². The number of fused-ring (bicyclic) bond motifs is 2. The maximum Gasteiger partial charge on any atom is 0.216 e. The number of halogens is 2. The third kappa shape index (κ3) is 2.63. The minimum Gasteiger partial charge on any atom is -0.494 e. The van der Waals surface area contributed by atoms with Gasteiger partial charge in [0.25, 0.3) is 0 Å². The summed E-state index contributed by atoms with van der Waals surface area (Å²) in [6.45, 7) is 2.73. The molecule has 1 aliphatic heterocycles. The zero-order valence-corrected chi connectivity index (χ0v) is 13.0. The maximum absolute atomic E-state index is 11.8. The SMILES string of the molecule is CCCOc1ccc2c(c1)CC1=C(Cl)C(=O)C(Cl)=CC1=N2. The molecule has 0 aromatic heterocycles. The second kappa shape index (κ2) is 5.66. The van der Waals surface area contributed by atoms with Crippen LogP contribution in [0.4, 0.5) is 5.69 Å². The first-order valence-corrected chi connectivity index (χ1v) is 7.51. The Labute approximate surface area is 132 Å². The largest absolute Gasteiger partial charge is 0.494 e. The highest BCUT2D eigenvalue weighted by Gasteiger charge is 2.28. The lowest BCUT2D eigenvalue weighted by Gasteiger charge is -2.21. The van der Waals surface area contributed by atoms with Crippen molar-refractivity contribution in [1.29, 1.82) is 0 Å². The molecule has 1 aromatic rings. The third-order valence-electron chi connectivity index (χ3n) is 3.39. The number of carbonyl (C=O) groups excluding carboxylic acids is 1. The molecule has 0 unspecified atom stereocenters. The van der Waals surface area contributed by atoms with Crippen LogP contribution in [0.5, 0.6) is 5.75 Å². The lowest BCUT2D eigenvalue weighted by molar-refractivity contribution is -0.111. The second-order valence-electron chi connectivity index (χ2n) is 4.93. The summed E-state index contributed by atoms with van der Waals surface area (Å²) in [5.41, 5.74) is 3.25. The van der Waals surface area contributed by atoms with Crippen LogP contribution < -0.4 is 4.74 Å². The molecule has 108 valence electrons. The van der Waals surface area contributed by atoms with Gasteiger partial charge in [0.15, 0.2) is 0 Å². The third-order valence-corrected chi connectivity index (χ3v) is 4.07. The van der Waals surface area contributed by atoms with Crippen LogP contribution in [0.25, 0.3) is 0 Å². The molecule has 0 fully saturated rings. The van der Waals surface area contributed by atoms with Gasteiger partial charge >= 0.3 is 0 Å². The average molecular weight is 322 g/mol. The summed E-state index contributed by atoms with van der Waals surface area (Å²) in [5, 5.41) is 0.264. The van der Waals surface area contributed by atoms with Gasteiger partial charge < -0.3 is 4.74 Å². The smallest absolute Gasteiger partial charge is 0.216 e. The van der Waals surface area contributed by atoms with Crippen LogP contribution in [0.3, 0.4) is 0 Å². The second-order valence-corrected chi connectivity index (χ2v) is 5.71. The van der Waals surface area contributed by atoms with Crippen molar-refractivity contribution in [2.24, 2.45) is 4.99 Å². The Morgan fingerprint density at radius 3 is 2.90 bits per heavy atom. The van der Waals surface area contributed by atoms with Crippen molar-refractivity contribution < 1.29 is 9.53 Å². The number of hydrogen-bond donors (Lipinski definition) is 0. The van der Waals surface area contributed by atoms with Crippen LogP contribution in [-0.4, -0.2) is 18.1 Å². The van der Waals surface area contributed by atoms with Crippen LogP contribution in [0.2, 0.25) is 0 Å². The topological polar surface area (TPSA) is 38.7 Å². The first kappa shape index (κ1) is 14.4. The Bertz CT molecular complexity index is 717. The predicted molar refractivity (Wildman–Crippen MR) is 84.8 cm³/mol. The van der Waals surface area contributed by atoms with Crippen LogP contribution in [0.15, 0.2) is 44.9 Å². The zero-order valence-electron chi connectivity index (χ0n) is 11.5. The van der Waals surface area contributed by atoms with Crippen molar-refractivity contribution in [3.63, 3.8) is 0 Å². The van der Waals surface area contributed by atoms with E-state index in [1.165, 1.54) is 0 Å². The van der Waals surface area contributed by atoms with Gasteiger partial charge in [-0.25, -0.2) is 4.99 Å². The summed E-state index contributed by atoms with van der Waals surface area (Å²) in [5.74, 6) is 0.468. The van der Waals surface area contributed by atoms with Gasteiger partial charge in [0.1, 0.15) is 5.75 Å². The number of nitrogens with zero attached hydrogens (tertiary/aromatic N) is 1. The first-order chi connectivity index (χ1) is 10.1.